The molecule has 1 aliphatic carbocycles. The zero-order valence-electron chi connectivity index (χ0n) is 12.0. The fourth-order valence-corrected chi connectivity index (χ4v) is 2.91. The molecule has 1 aliphatic rings. The Balaban J connectivity index is 1.60. The average Bonchev–Trinajstić information content (AvgIpc) is 3.15. The van der Waals surface area contributed by atoms with Gasteiger partial charge in [-0.3, -0.25) is 4.79 Å². The van der Waals surface area contributed by atoms with E-state index in [0.29, 0.717) is 12.5 Å². The topological polar surface area (TPSA) is 46.3 Å². The van der Waals surface area contributed by atoms with Gasteiger partial charge in [0.05, 0.1) is 6.54 Å². The highest BCUT2D eigenvalue weighted by molar-refractivity contribution is 9.10. The molecule has 1 heterocycles. The molecule has 1 amide bonds. The molecule has 0 N–H and O–H groups in total. The van der Waals surface area contributed by atoms with E-state index >= 15 is 0 Å². The molecule has 2 aromatic rings. The summed E-state index contributed by atoms with van der Waals surface area (Å²) in [4.78, 5) is 14.2. The van der Waals surface area contributed by atoms with Crippen molar-refractivity contribution in [3.8, 4) is 0 Å². The highest BCUT2D eigenvalue weighted by atomic mass is 79.9. The maximum absolute atomic E-state index is 12.4. The number of amides is 1. The lowest BCUT2D eigenvalue weighted by atomic mass is 10.1. The number of rotatable bonds is 4. The number of carbonyl (C=O) groups excluding carboxylic acids is 1. The van der Waals surface area contributed by atoms with E-state index in [1.54, 1.807) is 4.90 Å². The van der Waals surface area contributed by atoms with Gasteiger partial charge in [-0.05, 0) is 37.0 Å². The van der Waals surface area contributed by atoms with E-state index in [2.05, 4.69) is 33.2 Å². The highest BCUT2D eigenvalue weighted by Gasteiger charge is 2.45. The maximum Gasteiger partial charge on any atom is 0.226 e. The molecule has 1 saturated carbocycles. The van der Waals surface area contributed by atoms with Crippen molar-refractivity contribution in [1.82, 2.24) is 10.1 Å². The standard InChI is InChI=1S/C16H17BrN2O2/c1-10-7-13(18-21-10)9-19(2)16(20)15-8-14(15)11-3-5-12(17)6-4-11/h3-7,14-15H,8-9H2,1-2H3/t14-,15-/m0/s1. The van der Waals surface area contributed by atoms with E-state index < -0.39 is 0 Å². The second kappa shape index (κ2) is 5.64. The lowest BCUT2D eigenvalue weighted by Gasteiger charge is -2.15. The Morgan fingerprint density at radius 3 is 2.76 bits per heavy atom. The molecule has 4 nitrogen and oxygen atoms in total. The van der Waals surface area contributed by atoms with E-state index in [9.17, 15) is 4.79 Å². The third kappa shape index (κ3) is 3.18. The van der Waals surface area contributed by atoms with Gasteiger partial charge < -0.3 is 9.42 Å². The largest absolute Gasteiger partial charge is 0.361 e. The zero-order valence-corrected chi connectivity index (χ0v) is 13.6. The summed E-state index contributed by atoms with van der Waals surface area (Å²) in [5.74, 6) is 1.41. The highest BCUT2D eigenvalue weighted by Crippen LogP contribution is 2.48. The van der Waals surface area contributed by atoms with Crippen molar-refractivity contribution < 1.29 is 9.32 Å². The quantitative estimate of drug-likeness (QED) is 0.849. The number of hydrogen-bond donors (Lipinski definition) is 0. The molecule has 0 unspecified atom stereocenters. The number of benzene rings is 1. The van der Waals surface area contributed by atoms with Gasteiger partial charge in [0.2, 0.25) is 5.91 Å². The lowest BCUT2D eigenvalue weighted by Crippen LogP contribution is -2.28. The van der Waals surface area contributed by atoms with Crippen molar-refractivity contribution in [2.45, 2.75) is 25.8 Å². The van der Waals surface area contributed by atoms with Crippen molar-refractivity contribution in [3.05, 3.63) is 51.8 Å². The molecule has 1 fully saturated rings. The van der Waals surface area contributed by atoms with Crippen molar-refractivity contribution >= 4 is 21.8 Å². The molecule has 1 aromatic heterocycles. The molecule has 0 bridgehead atoms. The Hall–Kier alpha value is -1.62. The van der Waals surface area contributed by atoms with Gasteiger partial charge in [-0.1, -0.05) is 33.2 Å². The SMILES string of the molecule is Cc1cc(CN(C)C(=O)[C@H]2C[C@H]2c2ccc(Br)cc2)no1. The second-order valence-electron chi connectivity index (χ2n) is 5.62. The molecule has 0 radical (unpaired) electrons. The summed E-state index contributed by atoms with van der Waals surface area (Å²) in [6, 6.07) is 10.1. The van der Waals surface area contributed by atoms with E-state index in [4.69, 9.17) is 4.52 Å². The maximum atomic E-state index is 12.4. The molecule has 110 valence electrons. The summed E-state index contributed by atoms with van der Waals surface area (Å²) in [6.07, 6.45) is 0.933. The summed E-state index contributed by atoms with van der Waals surface area (Å²) in [6.45, 7) is 2.35. The summed E-state index contributed by atoms with van der Waals surface area (Å²) in [5.41, 5.74) is 2.03. The molecule has 5 heteroatoms. The molecule has 0 saturated heterocycles. The van der Waals surface area contributed by atoms with Gasteiger partial charge in [-0.25, -0.2) is 0 Å². The summed E-state index contributed by atoms with van der Waals surface area (Å²) < 4.78 is 6.09. The summed E-state index contributed by atoms with van der Waals surface area (Å²) in [5, 5.41) is 3.93. The molecule has 3 rings (SSSR count). The Bertz CT molecular complexity index is 651. The first-order valence-electron chi connectivity index (χ1n) is 6.97. The first-order chi connectivity index (χ1) is 10.0. The monoisotopic (exact) mass is 348 g/mol. The van der Waals surface area contributed by atoms with Gasteiger partial charge in [0.25, 0.3) is 0 Å². The molecule has 0 spiro atoms. The van der Waals surface area contributed by atoms with E-state index in [1.807, 2.05) is 32.2 Å². The predicted octanol–water partition coefficient (Wildman–Crippen LogP) is 3.51. The van der Waals surface area contributed by atoms with Crippen LogP contribution in [0.1, 0.15) is 29.4 Å². The first kappa shape index (κ1) is 14.3. The molecule has 0 aliphatic heterocycles. The minimum Gasteiger partial charge on any atom is -0.361 e. The van der Waals surface area contributed by atoms with Crippen molar-refractivity contribution in [1.29, 1.82) is 0 Å². The van der Waals surface area contributed by atoms with Gasteiger partial charge >= 0.3 is 0 Å². The number of hydrogen-bond acceptors (Lipinski definition) is 3. The Morgan fingerprint density at radius 1 is 1.43 bits per heavy atom. The molecule has 21 heavy (non-hydrogen) atoms. The van der Waals surface area contributed by atoms with Crippen LogP contribution in [0, 0.1) is 12.8 Å². The van der Waals surface area contributed by atoms with E-state index in [-0.39, 0.29) is 11.8 Å². The molecular weight excluding hydrogens is 332 g/mol. The van der Waals surface area contributed by atoms with Crippen molar-refractivity contribution in [2.75, 3.05) is 7.05 Å². The van der Waals surface area contributed by atoms with Crippen LogP contribution in [0.15, 0.2) is 39.3 Å². The average molecular weight is 349 g/mol. The minimum atomic E-state index is 0.101. The van der Waals surface area contributed by atoms with Crippen LogP contribution in [0.5, 0.6) is 0 Å². The first-order valence-corrected chi connectivity index (χ1v) is 7.76. The third-order valence-corrected chi connectivity index (χ3v) is 4.39. The fourth-order valence-electron chi connectivity index (χ4n) is 2.64. The van der Waals surface area contributed by atoms with Crippen LogP contribution < -0.4 is 0 Å². The number of carbonyl (C=O) groups is 1. The second-order valence-corrected chi connectivity index (χ2v) is 6.54. The van der Waals surface area contributed by atoms with Gasteiger partial charge in [0.15, 0.2) is 0 Å². The normalized spacial score (nSPS) is 20.3. The predicted molar refractivity (Wildman–Crippen MR) is 82.7 cm³/mol. The van der Waals surface area contributed by atoms with Gasteiger partial charge in [0.1, 0.15) is 11.5 Å². The van der Waals surface area contributed by atoms with E-state index in [0.717, 1.165) is 22.3 Å². The van der Waals surface area contributed by atoms with E-state index in [1.165, 1.54) is 5.56 Å². The Labute approximate surface area is 132 Å². The van der Waals surface area contributed by atoms with Crippen LogP contribution in [-0.4, -0.2) is 23.0 Å². The third-order valence-electron chi connectivity index (χ3n) is 3.86. The fraction of sp³-hybridized carbons (Fsp3) is 0.375. The van der Waals surface area contributed by atoms with Gasteiger partial charge in [-0.15, -0.1) is 0 Å². The summed E-state index contributed by atoms with van der Waals surface area (Å²) >= 11 is 3.43. The Morgan fingerprint density at radius 2 is 2.14 bits per heavy atom. The van der Waals surface area contributed by atoms with Crippen LogP contribution in [0.3, 0.4) is 0 Å². The van der Waals surface area contributed by atoms with Gasteiger partial charge in [-0.2, -0.15) is 0 Å². The number of aryl methyl sites for hydroxylation is 1. The van der Waals surface area contributed by atoms with Gasteiger partial charge in [0, 0.05) is 23.5 Å². The van der Waals surface area contributed by atoms with Crippen molar-refractivity contribution in [3.63, 3.8) is 0 Å². The molecule has 1 aromatic carbocycles. The zero-order chi connectivity index (χ0) is 15.0. The van der Waals surface area contributed by atoms with Crippen LogP contribution >= 0.6 is 15.9 Å². The minimum absolute atomic E-state index is 0.101. The molecule has 2 atom stereocenters. The van der Waals surface area contributed by atoms with Crippen LogP contribution in [0.25, 0.3) is 0 Å². The smallest absolute Gasteiger partial charge is 0.226 e. The van der Waals surface area contributed by atoms with Crippen molar-refractivity contribution in [2.24, 2.45) is 5.92 Å². The van der Waals surface area contributed by atoms with Crippen LogP contribution in [0.2, 0.25) is 0 Å². The lowest BCUT2D eigenvalue weighted by molar-refractivity contribution is -0.131. The molecular formula is C16H17BrN2O2. The van der Waals surface area contributed by atoms with Crippen LogP contribution in [0.4, 0.5) is 0 Å². The van der Waals surface area contributed by atoms with Crippen LogP contribution in [-0.2, 0) is 11.3 Å². The number of halogens is 1. The number of aromatic nitrogens is 1. The number of nitrogens with zero attached hydrogens (tertiary/aromatic N) is 2. The summed E-state index contributed by atoms with van der Waals surface area (Å²) in [7, 11) is 1.82. The Kier molecular flexibility index (Phi) is 3.85.